The van der Waals surface area contributed by atoms with E-state index in [2.05, 4.69) is 4.98 Å². The van der Waals surface area contributed by atoms with E-state index in [1.165, 1.54) is 11.3 Å². The molecule has 0 spiro atoms. The zero-order valence-electron chi connectivity index (χ0n) is 11.3. The number of likely N-dealkylation sites (tertiary alicyclic amines) is 1. The highest BCUT2D eigenvalue weighted by molar-refractivity contribution is 7.13. The summed E-state index contributed by atoms with van der Waals surface area (Å²) in [5, 5.41) is 2.39. The van der Waals surface area contributed by atoms with Gasteiger partial charge in [-0.25, -0.2) is 4.98 Å². The van der Waals surface area contributed by atoms with E-state index in [1.807, 2.05) is 0 Å². The molecule has 1 atom stereocenters. The van der Waals surface area contributed by atoms with Crippen molar-refractivity contribution in [2.75, 3.05) is 13.1 Å². The Labute approximate surface area is 125 Å². The lowest BCUT2D eigenvalue weighted by Crippen LogP contribution is -2.44. The van der Waals surface area contributed by atoms with Gasteiger partial charge in [0.25, 0.3) is 5.91 Å². The van der Waals surface area contributed by atoms with Crippen LogP contribution in [0.3, 0.4) is 0 Å². The molecular formula is C14H15N3O3S. The summed E-state index contributed by atoms with van der Waals surface area (Å²) in [6.45, 7) is 1.01. The van der Waals surface area contributed by atoms with Crippen molar-refractivity contribution < 1.29 is 14.0 Å². The monoisotopic (exact) mass is 305 g/mol. The van der Waals surface area contributed by atoms with Crippen LogP contribution in [0.2, 0.25) is 0 Å². The van der Waals surface area contributed by atoms with Crippen molar-refractivity contribution >= 4 is 23.2 Å². The number of furan rings is 1. The standard InChI is InChI=1S/C14H15N3O3S/c15-12(18)9-3-1-5-17(7-9)14(19)10-8-21-13(16-10)11-4-2-6-20-11/h2,4,6,8-9H,1,3,5,7H2,(H2,15,18)/t9-/m1/s1. The molecule has 2 aromatic rings. The average Bonchev–Trinajstić information content (AvgIpc) is 3.17. The summed E-state index contributed by atoms with van der Waals surface area (Å²) in [5.74, 6) is -0.115. The lowest BCUT2D eigenvalue weighted by atomic mass is 9.97. The van der Waals surface area contributed by atoms with E-state index in [0.717, 1.165) is 12.8 Å². The van der Waals surface area contributed by atoms with E-state index in [9.17, 15) is 9.59 Å². The van der Waals surface area contributed by atoms with E-state index >= 15 is 0 Å². The maximum Gasteiger partial charge on any atom is 0.273 e. The lowest BCUT2D eigenvalue weighted by molar-refractivity contribution is -0.123. The number of carbonyl (C=O) groups excluding carboxylic acids is 2. The molecule has 0 aromatic carbocycles. The predicted molar refractivity (Wildman–Crippen MR) is 77.6 cm³/mol. The van der Waals surface area contributed by atoms with Gasteiger partial charge in [0.2, 0.25) is 5.91 Å². The maximum atomic E-state index is 12.4. The maximum absolute atomic E-state index is 12.4. The van der Waals surface area contributed by atoms with Gasteiger partial charge in [-0.2, -0.15) is 0 Å². The van der Waals surface area contributed by atoms with Crippen LogP contribution in [0.15, 0.2) is 28.2 Å². The van der Waals surface area contributed by atoms with Gasteiger partial charge in [-0.05, 0) is 25.0 Å². The molecule has 1 aliphatic rings. The van der Waals surface area contributed by atoms with Crippen molar-refractivity contribution in [1.82, 2.24) is 9.88 Å². The average molecular weight is 305 g/mol. The van der Waals surface area contributed by atoms with Gasteiger partial charge in [0.1, 0.15) is 5.69 Å². The minimum atomic E-state index is -0.345. The summed E-state index contributed by atoms with van der Waals surface area (Å²) < 4.78 is 5.27. The number of hydrogen-bond donors (Lipinski definition) is 1. The van der Waals surface area contributed by atoms with Crippen molar-refractivity contribution in [3.63, 3.8) is 0 Å². The quantitative estimate of drug-likeness (QED) is 0.935. The zero-order chi connectivity index (χ0) is 14.8. The van der Waals surface area contributed by atoms with E-state index in [-0.39, 0.29) is 17.7 Å². The summed E-state index contributed by atoms with van der Waals surface area (Å²) in [5.41, 5.74) is 5.72. The molecule has 2 N–H and O–H groups in total. The number of amides is 2. The van der Waals surface area contributed by atoms with Crippen molar-refractivity contribution in [2.24, 2.45) is 11.7 Å². The first-order valence-corrected chi connectivity index (χ1v) is 7.61. The molecule has 21 heavy (non-hydrogen) atoms. The van der Waals surface area contributed by atoms with Crippen LogP contribution in [0, 0.1) is 5.92 Å². The minimum Gasteiger partial charge on any atom is -0.462 e. The van der Waals surface area contributed by atoms with Gasteiger partial charge < -0.3 is 15.1 Å². The first-order valence-electron chi connectivity index (χ1n) is 6.73. The zero-order valence-corrected chi connectivity index (χ0v) is 12.1. The summed E-state index contributed by atoms with van der Waals surface area (Å²) in [6, 6.07) is 3.58. The lowest BCUT2D eigenvalue weighted by Gasteiger charge is -2.30. The fraction of sp³-hybridized carbons (Fsp3) is 0.357. The molecule has 0 bridgehead atoms. The number of carbonyl (C=O) groups is 2. The third-order valence-electron chi connectivity index (χ3n) is 3.57. The van der Waals surface area contributed by atoms with E-state index in [1.54, 1.807) is 28.7 Å². The molecule has 6 nitrogen and oxygen atoms in total. The van der Waals surface area contributed by atoms with Gasteiger partial charge in [-0.15, -0.1) is 11.3 Å². The van der Waals surface area contributed by atoms with Crippen LogP contribution in [-0.2, 0) is 4.79 Å². The Morgan fingerprint density at radius 2 is 2.33 bits per heavy atom. The molecular weight excluding hydrogens is 290 g/mol. The number of thiazole rings is 1. The molecule has 0 aliphatic carbocycles. The number of nitrogens with zero attached hydrogens (tertiary/aromatic N) is 2. The summed E-state index contributed by atoms with van der Waals surface area (Å²) in [7, 11) is 0. The summed E-state index contributed by atoms with van der Waals surface area (Å²) in [6.07, 6.45) is 3.10. The molecule has 2 amide bonds. The minimum absolute atomic E-state index is 0.157. The molecule has 3 heterocycles. The second-order valence-corrected chi connectivity index (χ2v) is 5.87. The normalized spacial score (nSPS) is 18.7. The van der Waals surface area contributed by atoms with Crippen LogP contribution in [0.25, 0.3) is 10.8 Å². The molecule has 7 heteroatoms. The molecule has 0 saturated carbocycles. The van der Waals surface area contributed by atoms with Crippen molar-refractivity contribution in [3.8, 4) is 10.8 Å². The third kappa shape index (κ3) is 2.82. The summed E-state index contributed by atoms with van der Waals surface area (Å²) >= 11 is 1.36. The van der Waals surface area contributed by atoms with Crippen LogP contribution in [0.1, 0.15) is 23.3 Å². The van der Waals surface area contributed by atoms with Gasteiger partial charge in [-0.3, -0.25) is 9.59 Å². The van der Waals surface area contributed by atoms with Crippen molar-refractivity contribution in [3.05, 3.63) is 29.5 Å². The first-order chi connectivity index (χ1) is 10.1. The first kappa shape index (κ1) is 13.8. The number of aromatic nitrogens is 1. The molecule has 0 unspecified atom stereocenters. The van der Waals surface area contributed by atoms with Crippen molar-refractivity contribution in [1.29, 1.82) is 0 Å². The number of piperidine rings is 1. The molecule has 0 radical (unpaired) electrons. The van der Waals surface area contributed by atoms with E-state index in [4.69, 9.17) is 10.2 Å². The Hall–Kier alpha value is -2.15. The Balaban J connectivity index is 1.74. The highest BCUT2D eigenvalue weighted by Gasteiger charge is 2.28. The second kappa shape index (κ2) is 5.69. The number of primary amides is 1. The second-order valence-electron chi connectivity index (χ2n) is 5.01. The fourth-order valence-corrected chi connectivity index (χ4v) is 3.20. The van der Waals surface area contributed by atoms with Gasteiger partial charge in [0, 0.05) is 18.5 Å². The molecule has 1 aliphatic heterocycles. The van der Waals surface area contributed by atoms with Gasteiger partial charge in [0.05, 0.1) is 12.2 Å². The fourth-order valence-electron chi connectivity index (χ4n) is 2.44. The van der Waals surface area contributed by atoms with E-state index in [0.29, 0.717) is 29.6 Å². The Kier molecular flexibility index (Phi) is 3.74. The van der Waals surface area contributed by atoms with Gasteiger partial charge in [0.15, 0.2) is 10.8 Å². The van der Waals surface area contributed by atoms with Gasteiger partial charge in [-0.1, -0.05) is 0 Å². The Morgan fingerprint density at radius 3 is 3.05 bits per heavy atom. The number of hydrogen-bond acceptors (Lipinski definition) is 5. The summed E-state index contributed by atoms with van der Waals surface area (Å²) in [4.78, 5) is 29.7. The smallest absolute Gasteiger partial charge is 0.273 e. The van der Waals surface area contributed by atoms with E-state index < -0.39 is 0 Å². The van der Waals surface area contributed by atoms with Crippen LogP contribution in [0.4, 0.5) is 0 Å². The molecule has 3 rings (SSSR count). The molecule has 2 aromatic heterocycles. The molecule has 110 valence electrons. The van der Waals surface area contributed by atoms with Gasteiger partial charge >= 0.3 is 0 Å². The van der Waals surface area contributed by atoms with Crippen LogP contribution < -0.4 is 5.73 Å². The highest BCUT2D eigenvalue weighted by Crippen LogP contribution is 2.25. The number of nitrogens with two attached hydrogens (primary N) is 1. The van der Waals surface area contributed by atoms with Crippen LogP contribution in [0.5, 0.6) is 0 Å². The Bertz CT molecular complexity index is 650. The third-order valence-corrected chi connectivity index (χ3v) is 4.42. The highest BCUT2D eigenvalue weighted by atomic mass is 32.1. The Morgan fingerprint density at radius 1 is 1.48 bits per heavy atom. The largest absolute Gasteiger partial charge is 0.462 e. The molecule has 1 fully saturated rings. The number of rotatable bonds is 3. The van der Waals surface area contributed by atoms with Crippen molar-refractivity contribution in [2.45, 2.75) is 12.8 Å². The SMILES string of the molecule is NC(=O)[C@@H]1CCCN(C(=O)c2csc(-c3ccco3)n2)C1. The van der Waals surface area contributed by atoms with Crippen LogP contribution >= 0.6 is 11.3 Å². The molecule has 1 saturated heterocycles. The topological polar surface area (TPSA) is 89.4 Å². The van der Waals surface area contributed by atoms with Crippen LogP contribution in [-0.4, -0.2) is 34.8 Å². The predicted octanol–water partition coefficient (Wildman–Crippen LogP) is 1.74.